The molecule has 0 aromatic carbocycles. The molecule has 0 saturated heterocycles. The number of hydrogen-bond donors (Lipinski definition) is 1. The van der Waals surface area contributed by atoms with Gasteiger partial charge in [-0.15, -0.1) is 0 Å². The van der Waals surface area contributed by atoms with Crippen molar-refractivity contribution in [2.75, 3.05) is 0 Å². The van der Waals surface area contributed by atoms with Crippen LogP contribution in [-0.2, 0) is 0 Å². The molecule has 3 heteroatoms. The predicted octanol–water partition coefficient (Wildman–Crippen LogP) is 0.535. The highest BCUT2D eigenvalue weighted by Crippen LogP contribution is 1.86. The SMILES string of the molecule is C=NC=N/C(C)=C\N. The molecule has 0 spiro atoms. The summed E-state index contributed by atoms with van der Waals surface area (Å²) in [7, 11) is 0. The van der Waals surface area contributed by atoms with Crippen molar-refractivity contribution in [2.24, 2.45) is 15.7 Å². The van der Waals surface area contributed by atoms with E-state index in [1.54, 1.807) is 6.92 Å². The molecule has 3 nitrogen and oxygen atoms in total. The lowest BCUT2D eigenvalue weighted by Gasteiger charge is -1.82. The number of nitrogens with two attached hydrogens (primary N) is 1. The third-order valence-electron chi connectivity index (χ3n) is 0.584. The van der Waals surface area contributed by atoms with Gasteiger partial charge in [-0.05, 0) is 13.6 Å². The largest absolute Gasteiger partial charge is 0.403 e. The molecule has 44 valence electrons. The molecular weight excluding hydrogens is 102 g/mol. The van der Waals surface area contributed by atoms with Gasteiger partial charge in [0.05, 0.1) is 5.70 Å². The van der Waals surface area contributed by atoms with Gasteiger partial charge >= 0.3 is 0 Å². The Labute approximate surface area is 48.6 Å². The summed E-state index contributed by atoms with van der Waals surface area (Å²) in [6, 6.07) is 0. The fraction of sp³-hybridized carbons (Fsp3) is 0.200. The molecule has 0 aliphatic rings. The Bertz CT molecular complexity index is 124. The van der Waals surface area contributed by atoms with Gasteiger partial charge in [0, 0.05) is 6.20 Å². The van der Waals surface area contributed by atoms with Crippen LogP contribution in [0.3, 0.4) is 0 Å². The highest BCUT2D eigenvalue weighted by Gasteiger charge is 1.72. The minimum absolute atomic E-state index is 0.734. The summed E-state index contributed by atoms with van der Waals surface area (Å²) in [4.78, 5) is 7.13. The highest BCUT2D eigenvalue weighted by atomic mass is 14.8. The third kappa shape index (κ3) is 3.08. The van der Waals surface area contributed by atoms with E-state index in [4.69, 9.17) is 5.73 Å². The van der Waals surface area contributed by atoms with Gasteiger partial charge < -0.3 is 5.73 Å². The molecule has 0 bridgehead atoms. The third-order valence-corrected chi connectivity index (χ3v) is 0.584. The van der Waals surface area contributed by atoms with Gasteiger partial charge in [0.1, 0.15) is 6.34 Å². The van der Waals surface area contributed by atoms with E-state index < -0.39 is 0 Å². The maximum absolute atomic E-state index is 5.07. The maximum Gasteiger partial charge on any atom is 0.114 e. The van der Waals surface area contributed by atoms with E-state index in [-0.39, 0.29) is 0 Å². The lowest BCUT2D eigenvalue weighted by atomic mass is 10.6. The second kappa shape index (κ2) is 4.05. The van der Waals surface area contributed by atoms with Crippen LogP contribution in [0.1, 0.15) is 6.92 Å². The molecule has 0 aliphatic carbocycles. The molecule has 0 atom stereocenters. The van der Waals surface area contributed by atoms with Crippen LogP contribution in [0.4, 0.5) is 0 Å². The van der Waals surface area contributed by atoms with Gasteiger partial charge in [0.2, 0.25) is 0 Å². The first-order chi connectivity index (χ1) is 3.81. The van der Waals surface area contributed by atoms with E-state index in [2.05, 4.69) is 16.7 Å². The Kier molecular flexibility index (Phi) is 3.48. The monoisotopic (exact) mass is 111 g/mol. The topological polar surface area (TPSA) is 50.7 Å². The van der Waals surface area contributed by atoms with Gasteiger partial charge in [0.15, 0.2) is 0 Å². The van der Waals surface area contributed by atoms with Crippen molar-refractivity contribution in [3.8, 4) is 0 Å². The van der Waals surface area contributed by atoms with Gasteiger partial charge in [-0.2, -0.15) is 0 Å². The van der Waals surface area contributed by atoms with E-state index in [1.807, 2.05) is 0 Å². The predicted molar refractivity (Wildman–Crippen MR) is 36.0 cm³/mol. The number of nitrogens with zero attached hydrogens (tertiary/aromatic N) is 2. The molecule has 0 heterocycles. The molecule has 0 rings (SSSR count). The van der Waals surface area contributed by atoms with Crippen LogP contribution in [0.5, 0.6) is 0 Å². The minimum Gasteiger partial charge on any atom is -0.403 e. The van der Waals surface area contributed by atoms with Gasteiger partial charge in [-0.3, -0.25) is 4.99 Å². The summed E-state index contributed by atoms with van der Waals surface area (Å²) in [6.45, 7) is 4.98. The lowest BCUT2D eigenvalue weighted by Crippen LogP contribution is -1.80. The first-order valence-corrected chi connectivity index (χ1v) is 2.18. The van der Waals surface area contributed by atoms with Crippen LogP contribution in [0.15, 0.2) is 21.9 Å². The van der Waals surface area contributed by atoms with Crippen molar-refractivity contribution < 1.29 is 0 Å². The molecule has 0 saturated carbocycles. The molecule has 0 unspecified atom stereocenters. The van der Waals surface area contributed by atoms with Crippen molar-refractivity contribution in [1.82, 2.24) is 0 Å². The zero-order valence-corrected chi connectivity index (χ0v) is 4.83. The van der Waals surface area contributed by atoms with Crippen LogP contribution >= 0.6 is 0 Å². The standard InChI is InChI=1S/C5H9N3/c1-5(3-6)8-4-7-2/h3-4H,2,6H2,1H3/b5-3-,8-4?. The molecule has 0 amide bonds. The summed E-state index contributed by atoms with van der Waals surface area (Å²) >= 11 is 0. The van der Waals surface area contributed by atoms with Crippen molar-refractivity contribution in [3.63, 3.8) is 0 Å². The van der Waals surface area contributed by atoms with E-state index in [0.717, 1.165) is 5.70 Å². The van der Waals surface area contributed by atoms with Crippen LogP contribution in [-0.4, -0.2) is 13.1 Å². The van der Waals surface area contributed by atoms with E-state index in [9.17, 15) is 0 Å². The first kappa shape index (κ1) is 6.88. The number of allylic oxidation sites excluding steroid dienone is 1. The van der Waals surface area contributed by atoms with Crippen molar-refractivity contribution >= 4 is 13.1 Å². The van der Waals surface area contributed by atoms with Crippen molar-refractivity contribution in [1.29, 1.82) is 0 Å². The quantitative estimate of drug-likeness (QED) is 0.410. The van der Waals surface area contributed by atoms with Crippen molar-refractivity contribution in [2.45, 2.75) is 6.92 Å². The van der Waals surface area contributed by atoms with E-state index in [0.29, 0.717) is 0 Å². The lowest BCUT2D eigenvalue weighted by molar-refractivity contribution is 1.27. The second-order valence-electron chi connectivity index (χ2n) is 1.24. The Morgan fingerprint density at radius 1 is 1.75 bits per heavy atom. The number of rotatable bonds is 2. The normalized spacial score (nSPS) is 12.4. The molecule has 0 aliphatic heterocycles. The van der Waals surface area contributed by atoms with Crippen LogP contribution in [0.25, 0.3) is 0 Å². The maximum atomic E-state index is 5.07. The molecule has 0 aromatic rings. The van der Waals surface area contributed by atoms with E-state index >= 15 is 0 Å². The van der Waals surface area contributed by atoms with Crippen molar-refractivity contribution in [3.05, 3.63) is 11.9 Å². The molecule has 0 fully saturated rings. The summed E-state index contributed by atoms with van der Waals surface area (Å²) in [6.07, 6.45) is 2.75. The average molecular weight is 111 g/mol. The summed E-state index contributed by atoms with van der Waals surface area (Å²) < 4.78 is 0. The fourth-order valence-electron chi connectivity index (χ4n) is 0.175. The van der Waals surface area contributed by atoms with Crippen LogP contribution in [0.2, 0.25) is 0 Å². The first-order valence-electron chi connectivity index (χ1n) is 2.18. The zero-order chi connectivity index (χ0) is 6.41. The van der Waals surface area contributed by atoms with Crippen LogP contribution in [0, 0.1) is 0 Å². The zero-order valence-electron chi connectivity index (χ0n) is 4.83. The number of aliphatic imine (C=N–C) groups is 2. The Morgan fingerprint density at radius 3 is 2.75 bits per heavy atom. The van der Waals surface area contributed by atoms with Crippen LogP contribution < -0.4 is 5.73 Å². The smallest absolute Gasteiger partial charge is 0.114 e. The summed E-state index contributed by atoms with van der Waals surface area (Å²) in [5, 5.41) is 0. The van der Waals surface area contributed by atoms with E-state index in [1.165, 1.54) is 12.5 Å². The molecule has 2 N–H and O–H groups in total. The fourth-order valence-corrected chi connectivity index (χ4v) is 0.175. The average Bonchev–Trinajstić information content (AvgIpc) is 1.83. The van der Waals surface area contributed by atoms with Gasteiger partial charge in [-0.25, -0.2) is 4.99 Å². The summed E-state index contributed by atoms with van der Waals surface area (Å²) in [5.74, 6) is 0. The highest BCUT2D eigenvalue weighted by molar-refractivity contribution is 5.63. The second-order valence-corrected chi connectivity index (χ2v) is 1.24. The Morgan fingerprint density at radius 2 is 2.38 bits per heavy atom. The van der Waals surface area contributed by atoms with Gasteiger partial charge in [-0.1, -0.05) is 0 Å². The summed E-state index contributed by atoms with van der Waals surface area (Å²) in [5.41, 5.74) is 5.81. The molecule has 0 radical (unpaired) electrons. The van der Waals surface area contributed by atoms with Gasteiger partial charge in [0.25, 0.3) is 0 Å². The molecular formula is C5H9N3. The Hall–Kier alpha value is -1.12. The Balaban J connectivity index is 3.69. The molecule has 8 heavy (non-hydrogen) atoms. The minimum atomic E-state index is 0.734. The number of hydrogen-bond acceptors (Lipinski definition) is 2. The molecule has 0 aromatic heterocycles.